The molecule has 2 aromatic carbocycles. The zero-order valence-electron chi connectivity index (χ0n) is 14.9. The first-order chi connectivity index (χ1) is 13.5. The first-order valence-electron chi connectivity index (χ1n) is 8.37. The summed E-state index contributed by atoms with van der Waals surface area (Å²) in [7, 11) is 1.32. The number of alkyl halides is 2. The molecule has 0 unspecified atom stereocenters. The Bertz CT molecular complexity index is 1050. The number of halogens is 2. The third-order valence-corrected chi connectivity index (χ3v) is 3.91. The van der Waals surface area contributed by atoms with E-state index in [4.69, 9.17) is 4.74 Å². The third kappa shape index (κ3) is 4.61. The van der Waals surface area contributed by atoms with E-state index in [0.29, 0.717) is 16.7 Å². The molecule has 0 bridgehead atoms. The van der Waals surface area contributed by atoms with E-state index in [1.807, 2.05) is 0 Å². The van der Waals surface area contributed by atoms with Crippen molar-refractivity contribution in [3.63, 3.8) is 0 Å². The van der Waals surface area contributed by atoms with E-state index in [-0.39, 0.29) is 41.5 Å². The van der Waals surface area contributed by atoms with Gasteiger partial charge in [0, 0.05) is 24.6 Å². The number of methoxy groups -OCH3 is 1. The second-order valence-corrected chi connectivity index (χ2v) is 5.82. The number of nitrogens with zero attached hydrogens (tertiary/aromatic N) is 1. The fourth-order valence-corrected chi connectivity index (χ4v) is 2.65. The van der Waals surface area contributed by atoms with Crippen LogP contribution in [0.1, 0.15) is 12.2 Å². The Labute approximate surface area is 158 Å². The van der Waals surface area contributed by atoms with Crippen molar-refractivity contribution in [1.82, 2.24) is 9.97 Å². The molecule has 0 aliphatic heterocycles. The molecule has 0 saturated heterocycles. The van der Waals surface area contributed by atoms with Crippen molar-refractivity contribution in [3.8, 4) is 11.5 Å². The molecule has 1 aromatic heterocycles. The normalized spacial score (nSPS) is 10.9. The van der Waals surface area contributed by atoms with Crippen molar-refractivity contribution in [3.05, 3.63) is 58.6 Å². The summed E-state index contributed by atoms with van der Waals surface area (Å²) in [6.45, 7) is -3.02. The highest BCUT2D eigenvalue weighted by atomic mass is 19.3. The molecular formula is C19H17F2N3O4. The number of amides is 1. The maximum Gasteiger partial charge on any atom is 0.387 e. The van der Waals surface area contributed by atoms with E-state index in [1.54, 1.807) is 24.3 Å². The molecule has 28 heavy (non-hydrogen) atoms. The van der Waals surface area contributed by atoms with Gasteiger partial charge in [-0.3, -0.25) is 9.59 Å². The van der Waals surface area contributed by atoms with Gasteiger partial charge in [-0.1, -0.05) is 12.1 Å². The second kappa shape index (κ2) is 8.47. The molecule has 1 heterocycles. The van der Waals surface area contributed by atoms with Gasteiger partial charge in [-0.25, -0.2) is 4.98 Å². The molecule has 1 amide bonds. The third-order valence-electron chi connectivity index (χ3n) is 3.91. The minimum Gasteiger partial charge on any atom is -0.493 e. The first-order valence-corrected chi connectivity index (χ1v) is 8.37. The molecular weight excluding hydrogens is 372 g/mol. The lowest BCUT2D eigenvalue weighted by Gasteiger charge is -2.12. The largest absolute Gasteiger partial charge is 0.493 e. The smallest absolute Gasteiger partial charge is 0.387 e. The molecule has 0 aliphatic carbocycles. The topological polar surface area (TPSA) is 93.3 Å². The minimum atomic E-state index is -3.02. The molecule has 3 rings (SSSR count). The number of fused-ring (bicyclic) bond motifs is 1. The first kappa shape index (κ1) is 19.3. The summed E-state index contributed by atoms with van der Waals surface area (Å²) >= 11 is 0. The van der Waals surface area contributed by atoms with Gasteiger partial charge in [0.15, 0.2) is 11.5 Å². The Kier molecular flexibility index (Phi) is 5.83. The van der Waals surface area contributed by atoms with Crippen LogP contribution in [0.2, 0.25) is 0 Å². The van der Waals surface area contributed by atoms with Crippen molar-refractivity contribution in [1.29, 1.82) is 0 Å². The van der Waals surface area contributed by atoms with Gasteiger partial charge in [-0.15, -0.1) is 0 Å². The van der Waals surface area contributed by atoms with Crippen molar-refractivity contribution in [2.24, 2.45) is 0 Å². The maximum absolute atomic E-state index is 12.5. The van der Waals surface area contributed by atoms with Crippen molar-refractivity contribution in [2.75, 3.05) is 12.4 Å². The summed E-state index contributed by atoms with van der Waals surface area (Å²) in [6, 6.07) is 11.1. The summed E-state index contributed by atoms with van der Waals surface area (Å²) in [5.41, 5.74) is 0.553. The standard InChI is InChI=1S/C19H17F2N3O4/c1-27-14-7-6-11(10-15(14)28-19(20)21)22-17(25)9-8-16-23-13-5-3-2-4-12(13)18(26)24-16/h2-7,10,19H,8-9H2,1H3,(H,22,25)(H,23,24,26). The van der Waals surface area contributed by atoms with E-state index in [2.05, 4.69) is 20.0 Å². The van der Waals surface area contributed by atoms with E-state index < -0.39 is 6.61 Å². The Morgan fingerprint density at radius 3 is 2.75 bits per heavy atom. The number of anilines is 1. The van der Waals surface area contributed by atoms with Gasteiger partial charge in [0.05, 0.1) is 18.0 Å². The molecule has 0 atom stereocenters. The lowest BCUT2D eigenvalue weighted by Crippen LogP contribution is -2.16. The van der Waals surface area contributed by atoms with Crippen molar-refractivity contribution >= 4 is 22.5 Å². The van der Waals surface area contributed by atoms with Crippen molar-refractivity contribution in [2.45, 2.75) is 19.5 Å². The number of aromatic nitrogens is 2. The number of ether oxygens (including phenoxy) is 2. The molecule has 0 spiro atoms. The summed E-state index contributed by atoms with van der Waals surface area (Å²) in [6.07, 6.45) is 0.251. The Morgan fingerprint density at radius 2 is 2.00 bits per heavy atom. The van der Waals surface area contributed by atoms with Gasteiger partial charge in [0.2, 0.25) is 5.91 Å². The summed E-state index contributed by atoms with van der Waals surface area (Å²) in [4.78, 5) is 31.2. The number of aromatic amines is 1. The van der Waals surface area contributed by atoms with E-state index in [0.717, 1.165) is 0 Å². The zero-order chi connectivity index (χ0) is 20.1. The zero-order valence-corrected chi connectivity index (χ0v) is 14.9. The lowest BCUT2D eigenvalue weighted by atomic mass is 10.2. The van der Waals surface area contributed by atoms with Crippen LogP contribution in [0.4, 0.5) is 14.5 Å². The number of hydrogen-bond acceptors (Lipinski definition) is 5. The van der Waals surface area contributed by atoms with Crippen molar-refractivity contribution < 1.29 is 23.0 Å². The Morgan fingerprint density at radius 1 is 1.21 bits per heavy atom. The average Bonchev–Trinajstić information content (AvgIpc) is 2.66. The van der Waals surface area contributed by atoms with Crippen LogP contribution in [0, 0.1) is 0 Å². The maximum atomic E-state index is 12.5. The summed E-state index contributed by atoms with van der Waals surface area (Å²) < 4.78 is 34.3. The summed E-state index contributed by atoms with van der Waals surface area (Å²) in [5.74, 6) is -0.0497. The molecule has 0 radical (unpaired) electrons. The highest BCUT2D eigenvalue weighted by Crippen LogP contribution is 2.31. The molecule has 0 aliphatic rings. The van der Waals surface area contributed by atoms with Crippen LogP contribution in [-0.4, -0.2) is 29.6 Å². The van der Waals surface area contributed by atoms with Crippen LogP contribution in [0.25, 0.3) is 10.9 Å². The fourth-order valence-electron chi connectivity index (χ4n) is 2.65. The second-order valence-electron chi connectivity index (χ2n) is 5.82. The molecule has 7 nitrogen and oxygen atoms in total. The number of aryl methyl sites for hydroxylation is 1. The number of carbonyl (C=O) groups is 1. The van der Waals surface area contributed by atoms with Crippen LogP contribution in [-0.2, 0) is 11.2 Å². The molecule has 146 valence electrons. The van der Waals surface area contributed by atoms with Crippen LogP contribution >= 0.6 is 0 Å². The number of benzene rings is 2. The van der Waals surface area contributed by atoms with Gasteiger partial charge in [0.25, 0.3) is 5.56 Å². The number of para-hydroxylation sites is 1. The molecule has 0 saturated carbocycles. The van der Waals surface area contributed by atoms with E-state index in [9.17, 15) is 18.4 Å². The van der Waals surface area contributed by atoms with Gasteiger partial charge in [-0.2, -0.15) is 8.78 Å². The van der Waals surface area contributed by atoms with Gasteiger partial charge in [0.1, 0.15) is 5.82 Å². The highest BCUT2D eigenvalue weighted by molar-refractivity contribution is 5.91. The van der Waals surface area contributed by atoms with E-state index in [1.165, 1.54) is 25.3 Å². The monoisotopic (exact) mass is 389 g/mol. The molecule has 2 N–H and O–H groups in total. The van der Waals surface area contributed by atoms with Crippen LogP contribution in [0.5, 0.6) is 11.5 Å². The molecule has 0 fully saturated rings. The van der Waals surface area contributed by atoms with Crippen LogP contribution in [0.15, 0.2) is 47.3 Å². The SMILES string of the molecule is COc1ccc(NC(=O)CCc2nc3ccccc3c(=O)[nH]2)cc1OC(F)F. The quantitative estimate of drug-likeness (QED) is 0.648. The highest BCUT2D eigenvalue weighted by Gasteiger charge is 2.13. The van der Waals surface area contributed by atoms with Gasteiger partial charge >= 0.3 is 6.61 Å². The Hall–Kier alpha value is -3.49. The lowest BCUT2D eigenvalue weighted by molar-refractivity contribution is -0.116. The van der Waals surface area contributed by atoms with Gasteiger partial charge < -0.3 is 19.8 Å². The van der Waals surface area contributed by atoms with Crippen LogP contribution < -0.4 is 20.3 Å². The average molecular weight is 389 g/mol. The predicted molar refractivity (Wildman–Crippen MR) is 98.9 cm³/mol. The number of hydrogen-bond donors (Lipinski definition) is 2. The number of H-pyrrole nitrogens is 1. The predicted octanol–water partition coefficient (Wildman–Crippen LogP) is 3.10. The molecule has 3 aromatic rings. The molecule has 9 heteroatoms. The summed E-state index contributed by atoms with van der Waals surface area (Å²) in [5, 5.41) is 3.06. The number of rotatable bonds is 7. The fraction of sp³-hybridized carbons (Fsp3) is 0.211. The number of carbonyl (C=O) groups excluding carboxylic acids is 1. The Balaban J connectivity index is 1.67. The minimum absolute atomic E-state index is 0.0400. The van der Waals surface area contributed by atoms with Crippen LogP contribution in [0.3, 0.4) is 0 Å². The number of nitrogens with one attached hydrogen (secondary N) is 2. The van der Waals surface area contributed by atoms with Gasteiger partial charge in [-0.05, 0) is 24.3 Å². The van der Waals surface area contributed by atoms with E-state index >= 15 is 0 Å².